The fourth-order valence-corrected chi connectivity index (χ4v) is 2.50. The Morgan fingerprint density at radius 3 is 3.11 bits per heavy atom. The third-order valence-corrected chi connectivity index (χ3v) is 3.75. The van der Waals surface area contributed by atoms with Gasteiger partial charge in [-0.3, -0.25) is 9.59 Å². The van der Waals surface area contributed by atoms with Gasteiger partial charge in [-0.2, -0.15) is 0 Å². The number of anilines is 1. The van der Waals surface area contributed by atoms with Crippen molar-refractivity contribution in [3.63, 3.8) is 0 Å². The van der Waals surface area contributed by atoms with E-state index in [2.05, 4.69) is 10.1 Å². The van der Waals surface area contributed by atoms with Crippen LogP contribution in [0, 0.1) is 0 Å². The van der Waals surface area contributed by atoms with Crippen molar-refractivity contribution in [2.45, 2.75) is 17.4 Å². The number of benzene rings is 1. The summed E-state index contributed by atoms with van der Waals surface area (Å²) in [5.41, 5.74) is 7.48. The normalized spacial score (nSPS) is 15.6. The zero-order chi connectivity index (χ0) is 13.1. The fourth-order valence-electron chi connectivity index (χ4n) is 1.71. The molecule has 0 bridgehead atoms. The number of carbonyl (C=O) groups is 2. The summed E-state index contributed by atoms with van der Waals surface area (Å²) in [6, 6.07) is 5.17. The number of esters is 1. The molecule has 96 valence electrons. The summed E-state index contributed by atoms with van der Waals surface area (Å²) in [6.45, 7) is 0. The summed E-state index contributed by atoms with van der Waals surface area (Å²) < 4.78 is 4.58. The first-order valence-electron chi connectivity index (χ1n) is 5.49. The molecule has 6 heteroatoms. The summed E-state index contributed by atoms with van der Waals surface area (Å²) in [4.78, 5) is 23.5. The van der Waals surface area contributed by atoms with E-state index in [9.17, 15) is 9.59 Å². The molecule has 3 N–H and O–H groups in total. The van der Waals surface area contributed by atoms with E-state index >= 15 is 0 Å². The molecule has 0 saturated heterocycles. The lowest BCUT2D eigenvalue weighted by Crippen LogP contribution is -2.20. The number of carbonyl (C=O) groups excluding carboxylic acids is 2. The monoisotopic (exact) mass is 266 g/mol. The van der Waals surface area contributed by atoms with Crippen LogP contribution < -0.4 is 11.1 Å². The molecule has 1 unspecified atom stereocenters. The molecule has 2 rings (SSSR count). The number of amides is 1. The highest BCUT2D eigenvalue weighted by Crippen LogP contribution is 2.33. The first kappa shape index (κ1) is 12.9. The van der Waals surface area contributed by atoms with Gasteiger partial charge in [-0.1, -0.05) is 6.07 Å². The van der Waals surface area contributed by atoms with Gasteiger partial charge in [0.25, 0.3) is 0 Å². The summed E-state index contributed by atoms with van der Waals surface area (Å²) >= 11 is 1.49. The molecule has 1 aromatic carbocycles. The van der Waals surface area contributed by atoms with E-state index in [0.29, 0.717) is 5.75 Å². The van der Waals surface area contributed by atoms with E-state index in [1.165, 1.54) is 18.9 Å². The van der Waals surface area contributed by atoms with E-state index in [4.69, 9.17) is 5.73 Å². The average molecular weight is 266 g/mol. The number of nitrogens with two attached hydrogens (primary N) is 1. The topological polar surface area (TPSA) is 81.4 Å². The van der Waals surface area contributed by atoms with Gasteiger partial charge in [0.2, 0.25) is 5.91 Å². The maximum Gasteiger partial charge on any atom is 0.307 e. The van der Waals surface area contributed by atoms with Crippen LogP contribution in [0.5, 0.6) is 0 Å². The van der Waals surface area contributed by atoms with Crippen LogP contribution in [0.1, 0.15) is 18.0 Å². The molecule has 1 aliphatic rings. The van der Waals surface area contributed by atoms with Crippen molar-refractivity contribution in [2.75, 3.05) is 18.2 Å². The Bertz CT molecular complexity index is 490. The predicted octanol–water partition coefficient (Wildman–Crippen LogP) is 1.29. The van der Waals surface area contributed by atoms with Crippen molar-refractivity contribution in [3.05, 3.63) is 23.8 Å². The van der Waals surface area contributed by atoms with Gasteiger partial charge in [0.15, 0.2) is 0 Å². The van der Waals surface area contributed by atoms with Gasteiger partial charge in [-0.05, 0) is 17.7 Å². The SMILES string of the molecule is COC(=O)CC(N)c1ccc2c(c1)NC(=O)CS2. The van der Waals surface area contributed by atoms with Gasteiger partial charge in [0, 0.05) is 10.9 Å². The van der Waals surface area contributed by atoms with Crippen LogP contribution in [-0.4, -0.2) is 24.7 Å². The number of rotatable bonds is 3. The van der Waals surface area contributed by atoms with Gasteiger partial charge in [-0.15, -0.1) is 11.8 Å². The van der Waals surface area contributed by atoms with Crippen LogP contribution in [-0.2, 0) is 14.3 Å². The van der Waals surface area contributed by atoms with Crippen LogP contribution in [0.25, 0.3) is 0 Å². The maximum atomic E-state index is 11.3. The Morgan fingerprint density at radius 1 is 1.61 bits per heavy atom. The van der Waals surface area contributed by atoms with Crippen LogP contribution in [0.4, 0.5) is 5.69 Å². The second-order valence-electron chi connectivity index (χ2n) is 3.98. The van der Waals surface area contributed by atoms with Crippen molar-refractivity contribution in [1.82, 2.24) is 0 Å². The molecule has 0 spiro atoms. The smallest absolute Gasteiger partial charge is 0.307 e. The number of nitrogens with one attached hydrogen (secondary N) is 1. The lowest BCUT2D eigenvalue weighted by Gasteiger charge is -2.19. The van der Waals surface area contributed by atoms with Crippen LogP contribution in [0.2, 0.25) is 0 Å². The maximum absolute atomic E-state index is 11.3. The lowest BCUT2D eigenvalue weighted by molar-refractivity contribution is -0.141. The zero-order valence-corrected chi connectivity index (χ0v) is 10.8. The number of hydrogen-bond donors (Lipinski definition) is 2. The van der Waals surface area contributed by atoms with Gasteiger partial charge in [0.1, 0.15) is 0 Å². The van der Waals surface area contributed by atoms with Crippen LogP contribution in [0.3, 0.4) is 0 Å². The molecule has 0 saturated carbocycles. The van der Waals surface area contributed by atoms with E-state index in [-0.39, 0.29) is 18.3 Å². The number of methoxy groups -OCH3 is 1. The average Bonchev–Trinajstić information content (AvgIpc) is 2.37. The van der Waals surface area contributed by atoms with Crippen molar-refractivity contribution < 1.29 is 14.3 Å². The highest BCUT2D eigenvalue weighted by molar-refractivity contribution is 8.00. The molecule has 0 fully saturated rings. The van der Waals surface area contributed by atoms with Gasteiger partial charge in [0.05, 0.1) is 25.0 Å². The van der Waals surface area contributed by atoms with Crippen molar-refractivity contribution in [3.8, 4) is 0 Å². The molecule has 1 aromatic rings. The summed E-state index contributed by atoms with van der Waals surface area (Å²) in [5, 5.41) is 2.79. The Hall–Kier alpha value is -1.53. The Balaban J connectivity index is 2.17. The number of ether oxygens (including phenoxy) is 1. The Labute approximate surface area is 109 Å². The van der Waals surface area contributed by atoms with Gasteiger partial charge >= 0.3 is 5.97 Å². The van der Waals surface area contributed by atoms with Crippen molar-refractivity contribution >= 4 is 29.3 Å². The molecule has 1 aliphatic heterocycles. The molecule has 18 heavy (non-hydrogen) atoms. The van der Waals surface area contributed by atoms with Crippen molar-refractivity contribution in [1.29, 1.82) is 0 Å². The molecule has 1 heterocycles. The van der Waals surface area contributed by atoms with E-state index in [0.717, 1.165) is 16.1 Å². The number of fused-ring (bicyclic) bond motifs is 1. The third kappa shape index (κ3) is 2.83. The molecule has 1 atom stereocenters. The first-order chi connectivity index (χ1) is 8.60. The van der Waals surface area contributed by atoms with Crippen LogP contribution >= 0.6 is 11.8 Å². The quantitative estimate of drug-likeness (QED) is 0.806. The molecular formula is C12H14N2O3S. The third-order valence-electron chi connectivity index (χ3n) is 2.68. The molecule has 0 aliphatic carbocycles. The standard InChI is InChI=1S/C12H14N2O3S/c1-17-12(16)5-8(13)7-2-3-10-9(4-7)14-11(15)6-18-10/h2-4,8H,5-6,13H2,1H3,(H,14,15). The summed E-state index contributed by atoms with van der Waals surface area (Å²) in [7, 11) is 1.33. The minimum absolute atomic E-state index is 0.0220. The molecular weight excluding hydrogens is 252 g/mol. The van der Waals surface area contributed by atoms with E-state index in [1.54, 1.807) is 0 Å². The van der Waals surface area contributed by atoms with Gasteiger partial charge in [-0.25, -0.2) is 0 Å². The number of hydrogen-bond acceptors (Lipinski definition) is 5. The second-order valence-corrected chi connectivity index (χ2v) is 5.00. The van der Waals surface area contributed by atoms with Crippen LogP contribution in [0.15, 0.2) is 23.1 Å². The van der Waals surface area contributed by atoms with E-state index in [1.807, 2.05) is 18.2 Å². The minimum Gasteiger partial charge on any atom is -0.469 e. The summed E-state index contributed by atoms with van der Waals surface area (Å²) in [6.07, 6.45) is 0.121. The Morgan fingerprint density at radius 2 is 2.39 bits per heavy atom. The highest BCUT2D eigenvalue weighted by atomic mass is 32.2. The second kappa shape index (κ2) is 5.41. The number of thioether (sulfide) groups is 1. The molecule has 5 nitrogen and oxygen atoms in total. The summed E-state index contributed by atoms with van der Waals surface area (Å²) in [5.74, 6) is 0.0606. The Kier molecular flexibility index (Phi) is 3.88. The molecule has 0 radical (unpaired) electrons. The largest absolute Gasteiger partial charge is 0.469 e. The van der Waals surface area contributed by atoms with Crippen molar-refractivity contribution in [2.24, 2.45) is 5.73 Å². The predicted molar refractivity (Wildman–Crippen MR) is 69.4 cm³/mol. The molecule has 0 aromatic heterocycles. The highest BCUT2D eigenvalue weighted by Gasteiger charge is 2.18. The zero-order valence-electron chi connectivity index (χ0n) is 9.93. The molecule has 1 amide bonds. The minimum atomic E-state index is -0.424. The first-order valence-corrected chi connectivity index (χ1v) is 6.47. The fraction of sp³-hybridized carbons (Fsp3) is 0.333. The van der Waals surface area contributed by atoms with E-state index < -0.39 is 6.04 Å². The van der Waals surface area contributed by atoms with Gasteiger partial charge < -0.3 is 15.8 Å². The lowest BCUT2D eigenvalue weighted by atomic mass is 10.0.